The number of non-ortho nitro benzene ring substituents is 1. The Hall–Kier alpha value is -4.26. The zero-order valence-corrected chi connectivity index (χ0v) is 16.4. The summed E-state index contributed by atoms with van der Waals surface area (Å²) < 4.78 is 5.89. The summed E-state index contributed by atoms with van der Waals surface area (Å²) in [4.78, 5) is 38.9. The molecule has 4 aromatic rings. The Balaban J connectivity index is 1.78. The van der Waals surface area contributed by atoms with Gasteiger partial charge in [-0.05, 0) is 48.9 Å². The van der Waals surface area contributed by atoms with E-state index in [0.717, 1.165) is 5.56 Å². The number of para-hydroxylation sites is 1. The lowest BCUT2D eigenvalue weighted by Crippen LogP contribution is -2.29. The van der Waals surface area contributed by atoms with Crippen LogP contribution in [0.15, 0.2) is 82.0 Å². The number of nitrogens with zero attached hydrogens (tertiary/aromatic N) is 2. The minimum atomic E-state index is -0.758. The topological polar surface area (TPSA) is 93.7 Å². The summed E-state index contributed by atoms with van der Waals surface area (Å²) in [5, 5.41) is 11.5. The number of carbonyl (C=O) groups excluding carboxylic acids is 1. The van der Waals surface area contributed by atoms with Gasteiger partial charge in [0.1, 0.15) is 5.58 Å². The van der Waals surface area contributed by atoms with Crippen LogP contribution in [-0.4, -0.2) is 10.8 Å². The standard InChI is InChI=1S/C24H16N2O5/c1-14-6-10-16(11-7-14)25-21(15-8-12-17(13-9-15)26(29)30)20-22(27)18-4-2-3-5-19(18)31-23(20)24(25)28/h2-13,21H,1H3. The van der Waals surface area contributed by atoms with Gasteiger partial charge in [0.15, 0.2) is 5.43 Å². The Bertz CT molecular complexity index is 1410. The second-order valence-electron chi connectivity index (χ2n) is 7.43. The van der Waals surface area contributed by atoms with Crippen LogP contribution in [-0.2, 0) is 0 Å². The van der Waals surface area contributed by atoms with Crippen LogP contribution in [0, 0.1) is 17.0 Å². The van der Waals surface area contributed by atoms with Crippen molar-refractivity contribution >= 4 is 28.3 Å². The molecule has 0 saturated carbocycles. The highest BCUT2D eigenvalue weighted by atomic mass is 16.6. The van der Waals surface area contributed by atoms with Crippen LogP contribution >= 0.6 is 0 Å². The number of fused-ring (bicyclic) bond motifs is 2. The molecule has 2 heterocycles. The van der Waals surface area contributed by atoms with E-state index in [9.17, 15) is 19.7 Å². The molecule has 1 aromatic heterocycles. The molecule has 0 saturated heterocycles. The number of anilines is 1. The minimum absolute atomic E-state index is 0.00683. The number of amides is 1. The van der Waals surface area contributed by atoms with Crippen molar-refractivity contribution < 1.29 is 14.1 Å². The predicted molar refractivity (Wildman–Crippen MR) is 115 cm³/mol. The summed E-state index contributed by atoms with van der Waals surface area (Å²) in [6.45, 7) is 1.94. The number of carbonyl (C=O) groups is 1. The van der Waals surface area contributed by atoms with Crippen molar-refractivity contribution in [3.63, 3.8) is 0 Å². The SMILES string of the molecule is Cc1ccc(N2C(=O)c3oc4ccccc4c(=O)c3C2c2ccc([N+](=O)[O-])cc2)cc1. The molecule has 0 N–H and O–H groups in total. The molecule has 0 aliphatic carbocycles. The average molecular weight is 412 g/mol. The Labute approximate surface area is 176 Å². The molecule has 0 radical (unpaired) electrons. The van der Waals surface area contributed by atoms with E-state index in [2.05, 4.69) is 0 Å². The van der Waals surface area contributed by atoms with Gasteiger partial charge in [-0.15, -0.1) is 0 Å². The van der Waals surface area contributed by atoms with Gasteiger partial charge in [-0.2, -0.15) is 0 Å². The number of hydrogen-bond acceptors (Lipinski definition) is 5. The van der Waals surface area contributed by atoms with E-state index in [0.29, 0.717) is 22.2 Å². The maximum absolute atomic E-state index is 13.4. The third-order valence-electron chi connectivity index (χ3n) is 5.51. The van der Waals surface area contributed by atoms with Crippen molar-refractivity contribution in [1.29, 1.82) is 0 Å². The number of aryl methyl sites for hydroxylation is 1. The molecule has 1 unspecified atom stereocenters. The lowest BCUT2D eigenvalue weighted by molar-refractivity contribution is -0.384. The molecule has 1 atom stereocenters. The van der Waals surface area contributed by atoms with Gasteiger partial charge in [0.2, 0.25) is 5.76 Å². The molecular weight excluding hydrogens is 396 g/mol. The molecule has 31 heavy (non-hydrogen) atoms. The fourth-order valence-electron chi connectivity index (χ4n) is 3.99. The van der Waals surface area contributed by atoms with Gasteiger partial charge in [0.25, 0.3) is 11.6 Å². The largest absolute Gasteiger partial charge is 0.450 e. The van der Waals surface area contributed by atoms with E-state index in [1.165, 1.54) is 17.0 Å². The van der Waals surface area contributed by atoms with Crippen molar-refractivity contribution in [2.24, 2.45) is 0 Å². The summed E-state index contributed by atoms with van der Waals surface area (Å²) in [5.41, 5.74) is 2.43. The van der Waals surface area contributed by atoms with Crippen LogP contribution in [0.5, 0.6) is 0 Å². The van der Waals surface area contributed by atoms with Crippen molar-refractivity contribution in [2.45, 2.75) is 13.0 Å². The first-order valence-electron chi connectivity index (χ1n) is 9.66. The Kier molecular flexibility index (Phi) is 4.18. The van der Waals surface area contributed by atoms with Crippen LogP contribution < -0.4 is 10.3 Å². The minimum Gasteiger partial charge on any atom is -0.450 e. The molecule has 0 fully saturated rings. The zero-order chi connectivity index (χ0) is 21.7. The second kappa shape index (κ2) is 6.91. The Morgan fingerprint density at radius 1 is 0.935 bits per heavy atom. The van der Waals surface area contributed by atoms with Gasteiger partial charge in [0, 0.05) is 17.8 Å². The highest BCUT2D eigenvalue weighted by Crippen LogP contribution is 2.41. The van der Waals surface area contributed by atoms with E-state index in [-0.39, 0.29) is 22.4 Å². The van der Waals surface area contributed by atoms with E-state index in [4.69, 9.17) is 4.42 Å². The molecule has 7 nitrogen and oxygen atoms in total. The third-order valence-corrected chi connectivity index (χ3v) is 5.51. The Morgan fingerprint density at radius 2 is 1.61 bits per heavy atom. The molecule has 7 heteroatoms. The molecule has 1 aliphatic rings. The summed E-state index contributed by atoms with van der Waals surface area (Å²) in [6.07, 6.45) is 0. The molecule has 0 spiro atoms. The van der Waals surface area contributed by atoms with Crippen molar-refractivity contribution in [2.75, 3.05) is 4.90 Å². The number of nitro groups is 1. The van der Waals surface area contributed by atoms with Crippen LogP contribution in [0.4, 0.5) is 11.4 Å². The fraction of sp³-hybridized carbons (Fsp3) is 0.0833. The highest BCUT2D eigenvalue weighted by molar-refractivity contribution is 6.10. The lowest BCUT2D eigenvalue weighted by atomic mass is 9.98. The van der Waals surface area contributed by atoms with Gasteiger partial charge >= 0.3 is 0 Å². The van der Waals surface area contributed by atoms with Crippen LogP contribution in [0.1, 0.15) is 33.3 Å². The molecular formula is C24H16N2O5. The lowest BCUT2D eigenvalue weighted by Gasteiger charge is -2.25. The van der Waals surface area contributed by atoms with Crippen LogP contribution in [0.3, 0.4) is 0 Å². The monoisotopic (exact) mass is 412 g/mol. The fourth-order valence-corrected chi connectivity index (χ4v) is 3.99. The summed E-state index contributed by atoms with van der Waals surface area (Å²) >= 11 is 0. The van der Waals surface area contributed by atoms with Crippen molar-refractivity contribution in [1.82, 2.24) is 0 Å². The number of rotatable bonds is 3. The molecule has 1 amide bonds. The number of hydrogen-bond donors (Lipinski definition) is 0. The van der Waals surface area contributed by atoms with Gasteiger partial charge < -0.3 is 4.42 Å². The molecule has 1 aliphatic heterocycles. The quantitative estimate of drug-likeness (QED) is 0.357. The maximum Gasteiger partial charge on any atom is 0.295 e. The highest BCUT2D eigenvalue weighted by Gasteiger charge is 2.43. The molecule has 0 bridgehead atoms. The number of benzene rings is 3. The summed E-state index contributed by atoms with van der Waals surface area (Å²) in [6, 6.07) is 19.3. The van der Waals surface area contributed by atoms with Gasteiger partial charge in [0.05, 0.1) is 21.9 Å². The van der Waals surface area contributed by atoms with Crippen molar-refractivity contribution in [3.8, 4) is 0 Å². The van der Waals surface area contributed by atoms with Gasteiger partial charge in [-0.3, -0.25) is 24.6 Å². The first-order valence-corrected chi connectivity index (χ1v) is 9.66. The van der Waals surface area contributed by atoms with Gasteiger partial charge in [-0.1, -0.05) is 29.8 Å². The molecule has 3 aromatic carbocycles. The maximum atomic E-state index is 13.4. The normalized spacial score (nSPS) is 15.3. The van der Waals surface area contributed by atoms with E-state index in [1.807, 2.05) is 31.2 Å². The van der Waals surface area contributed by atoms with Gasteiger partial charge in [-0.25, -0.2) is 0 Å². The number of nitro benzene ring substituents is 1. The Morgan fingerprint density at radius 3 is 2.29 bits per heavy atom. The second-order valence-corrected chi connectivity index (χ2v) is 7.43. The van der Waals surface area contributed by atoms with Crippen LogP contribution in [0.2, 0.25) is 0 Å². The first kappa shape index (κ1) is 18.7. The van der Waals surface area contributed by atoms with Crippen LogP contribution in [0.25, 0.3) is 11.0 Å². The first-order chi connectivity index (χ1) is 15.0. The van der Waals surface area contributed by atoms with E-state index in [1.54, 1.807) is 36.4 Å². The zero-order valence-electron chi connectivity index (χ0n) is 16.4. The molecule has 152 valence electrons. The smallest absolute Gasteiger partial charge is 0.295 e. The average Bonchev–Trinajstić information content (AvgIpc) is 3.07. The molecule has 5 rings (SSSR count). The van der Waals surface area contributed by atoms with E-state index >= 15 is 0 Å². The van der Waals surface area contributed by atoms with Crippen molar-refractivity contribution in [3.05, 3.63) is 116 Å². The third kappa shape index (κ3) is 2.90. The van der Waals surface area contributed by atoms with E-state index < -0.39 is 16.9 Å². The summed E-state index contributed by atoms with van der Waals surface area (Å²) in [5.74, 6) is -0.433. The predicted octanol–water partition coefficient (Wildman–Crippen LogP) is 4.76. The summed E-state index contributed by atoms with van der Waals surface area (Å²) in [7, 11) is 0.